The first-order chi connectivity index (χ1) is 15.4. The summed E-state index contributed by atoms with van der Waals surface area (Å²) in [5, 5.41) is 3.50. The Labute approximate surface area is 193 Å². The Morgan fingerprint density at radius 1 is 1.38 bits per heavy atom. The second kappa shape index (κ2) is 9.71. The van der Waals surface area contributed by atoms with E-state index in [9.17, 15) is 9.59 Å². The Bertz CT molecular complexity index is 934. The molecule has 1 aromatic carbocycles. The van der Waals surface area contributed by atoms with E-state index >= 15 is 0 Å². The van der Waals surface area contributed by atoms with Crippen LogP contribution in [-0.2, 0) is 19.9 Å². The van der Waals surface area contributed by atoms with Gasteiger partial charge in [0, 0.05) is 23.3 Å². The normalized spacial score (nSPS) is 29.9. The van der Waals surface area contributed by atoms with E-state index in [2.05, 4.69) is 10.3 Å². The molecular formula is C24H31ClN4O3. The number of amides is 1. The first-order valence-electron chi connectivity index (χ1n) is 11.5. The minimum Gasteiger partial charge on any atom is -0.468 e. The van der Waals surface area contributed by atoms with Crippen molar-refractivity contribution < 1.29 is 14.3 Å². The van der Waals surface area contributed by atoms with Crippen LogP contribution in [0, 0.1) is 5.92 Å². The van der Waals surface area contributed by atoms with Crippen LogP contribution in [0.2, 0.25) is 5.02 Å². The van der Waals surface area contributed by atoms with Crippen LogP contribution in [0.15, 0.2) is 34.3 Å². The highest BCUT2D eigenvalue weighted by Crippen LogP contribution is 2.44. The minimum absolute atomic E-state index is 0.0106. The molecular weight excluding hydrogens is 428 g/mol. The maximum Gasteiger partial charge on any atom is 0.245 e. The third kappa shape index (κ3) is 4.46. The van der Waals surface area contributed by atoms with Gasteiger partial charge in [-0.1, -0.05) is 36.7 Å². The molecule has 1 amide bonds. The van der Waals surface area contributed by atoms with Crippen molar-refractivity contribution in [3.63, 3.8) is 0 Å². The van der Waals surface area contributed by atoms with Crippen LogP contribution in [0.4, 0.5) is 0 Å². The van der Waals surface area contributed by atoms with Gasteiger partial charge in [-0.3, -0.25) is 14.6 Å². The van der Waals surface area contributed by atoms with Crippen molar-refractivity contribution in [1.82, 2.24) is 5.32 Å². The van der Waals surface area contributed by atoms with E-state index in [1.807, 2.05) is 31.3 Å². The summed E-state index contributed by atoms with van der Waals surface area (Å²) in [5.74, 6) is 0.660. The van der Waals surface area contributed by atoms with E-state index < -0.39 is 17.7 Å². The molecule has 0 saturated heterocycles. The summed E-state index contributed by atoms with van der Waals surface area (Å²) < 4.78 is 5.94. The molecule has 2 aliphatic heterocycles. The van der Waals surface area contributed by atoms with Crippen LogP contribution in [0.25, 0.3) is 0 Å². The molecule has 1 saturated carbocycles. The maximum atomic E-state index is 13.2. The quantitative estimate of drug-likeness (QED) is 0.583. The number of unbranched alkanes of at least 4 members (excludes halogenated alkanes) is 1. The zero-order valence-corrected chi connectivity index (χ0v) is 19.2. The van der Waals surface area contributed by atoms with Gasteiger partial charge in [0.15, 0.2) is 11.6 Å². The molecule has 3 N–H and O–H groups in total. The fraction of sp³-hybridized carbons (Fsp3) is 0.583. The van der Waals surface area contributed by atoms with Crippen LogP contribution >= 0.6 is 11.6 Å². The third-order valence-electron chi connectivity index (χ3n) is 6.70. The van der Waals surface area contributed by atoms with Crippen molar-refractivity contribution in [2.45, 2.75) is 75.6 Å². The summed E-state index contributed by atoms with van der Waals surface area (Å²) in [6.45, 7) is 2.62. The Morgan fingerprint density at radius 3 is 2.94 bits per heavy atom. The lowest BCUT2D eigenvalue weighted by Crippen LogP contribution is -2.54. The Hall–Kier alpha value is -2.25. The van der Waals surface area contributed by atoms with Crippen molar-refractivity contribution in [1.29, 1.82) is 0 Å². The number of aliphatic imine (C=N–C) groups is 2. The summed E-state index contributed by atoms with van der Waals surface area (Å²) in [7, 11) is 0. The van der Waals surface area contributed by atoms with Gasteiger partial charge in [0.05, 0.1) is 6.04 Å². The summed E-state index contributed by atoms with van der Waals surface area (Å²) in [5.41, 5.74) is 6.16. The van der Waals surface area contributed by atoms with Crippen LogP contribution in [0.5, 0.6) is 0 Å². The predicted octanol–water partition coefficient (Wildman–Crippen LogP) is 3.18. The topological polar surface area (TPSA) is 106 Å². The highest BCUT2D eigenvalue weighted by atomic mass is 35.5. The molecule has 172 valence electrons. The lowest BCUT2D eigenvalue weighted by atomic mass is 9.73. The highest BCUT2D eigenvalue weighted by Gasteiger charge is 2.52. The van der Waals surface area contributed by atoms with E-state index in [4.69, 9.17) is 27.1 Å². The number of rotatable bonds is 8. The monoisotopic (exact) mass is 458 g/mol. The molecule has 1 aliphatic carbocycles. The number of carbonyl (C=O) groups is 2. The van der Waals surface area contributed by atoms with Gasteiger partial charge in [-0.15, -0.1) is 0 Å². The number of halogens is 1. The van der Waals surface area contributed by atoms with Gasteiger partial charge >= 0.3 is 0 Å². The molecule has 8 heteroatoms. The molecule has 0 radical (unpaired) electrons. The van der Waals surface area contributed by atoms with E-state index in [1.54, 1.807) is 6.07 Å². The number of carbonyl (C=O) groups excluding carboxylic acids is 2. The number of ketones is 1. The van der Waals surface area contributed by atoms with Gasteiger partial charge < -0.3 is 15.8 Å². The van der Waals surface area contributed by atoms with Gasteiger partial charge in [0.2, 0.25) is 17.6 Å². The number of fused-ring (bicyclic) bond motifs is 2. The van der Waals surface area contributed by atoms with Gasteiger partial charge in [-0.25, -0.2) is 4.99 Å². The fourth-order valence-corrected chi connectivity index (χ4v) is 5.11. The minimum atomic E-state index is -1.00. The van der Waals surface area contributed by atoms with E-state index in [1.165, 1.54) is 0 Å². The molecule has 1 fully saturated rings. The Kier molecular flexibility index (Phi) is 6.96. The maximum absolute atomic E-state index is 13.2. The molecule has 2 heterocycles. The smallest absolute Gasteiger partial charge is 0.245 e. The number of benzene rings is 1. The average molecular weight is 459 g/mol. The van der Waals surface area contributed by atoms with Crippen molar-refractivity contribution in [2.75, 3.05) is 6.54 Å². The number of nitrogens with one attached hydrogen (secondary N) is 1. The lowest BCUT2D eigenvalue weighted by Gasteiger charge is -2.42. The van der Waals surface area contributed by atoms with Gasteiger partial charge in [0.25, 0.3) is 0 Å². The van der Waals surface area contributed by atoms with E-state index in [-0.39, 0.29) is 23.7 Å². The molecule has 5 atom stereocenters. The zero-order valence-electron chi connectivity index (χ0n) is 18.4. The SMILES string of the molecule is CC1CC=NC1C(=O)NCCCCC(N)C1=N[C@]2(c3ccccc3Cl)CCC[C@H](O1)C2=O. The highest BCUT2D eigenvalue weighted by molar-refractivity contribution is 6.32. The lowest BCUT2D eigenvalue weighted by molar-refractivity contribution is -0.137. The van der Waals surface area contributed by atoms with Gasteiger partial charge in [0.1, 0.15) is 6.04 Å². The number of hydrogen-bond donors (Lipinski definition) is 2. The van der Waals surface area contributed by atoms with Gasteiger partial charge in [-0.05, 0) is 56.9 Å². The Morgan fingerprint density at radius 2 is 2.19 bits per heavy atom. The zero-order chi connectivity index (χ0) is 22.7. The standard InChI is InChI=1S/C24H31ClN4O3/c1-15-11-14-27-20(15)22(31)28-13-5-4-9-18(26)23-29-24(16-7-2-3-8-17(16)25)12-6-10-19(32-23)21(24)30/h2-3,7-8,14-15,18-20H,4-6,9-13,26H2,1H3,(H,28,31)/t15?,18?,19-,20?,24-/m0/s1. The molecule has 0 aromatic heterocycles. The third-order valence-corrected chi connectivity index (χ3v) is 7.03. The van der Waals surface area contributed by atoms with Crippen molar-refractivity contribution in [3.05, 3.63) is 34.9 Å². The number of hydrogen-bond acceptors (Lipinski definition) is 6. The van der Waals surface area contributed by atoms with E-state index in [0.29, 0.717) is 36.7 Å². The molecule has 4 rings (SSSR count). The second-order valence-electron chi connectivity index (χ2n) is 9.04. The fourth-order valence-electron chi connectivity index (χ4n) is 4.81. The van der Waals surface area contributed by atoms with Crippen LogP contribution < -0.4 is 11.1 Å². The van der Waals surface area contributed by atoms with Gasteiger partial charge in [-0.2, -0.15) is 0 Å². The largest absolute Gasteiger partial charge is 0.468 e. The summed E-state index contributed by atoms with van der Waals surface area (Å²) in [4.78, 5) is 34.4. The number of Topliss-reactive ketones (excluding diaryl/α,β-unsaturated/α-hetero) is 1. The molecule has 3 unspecified atom stereocenters. The molecule has 3 aliphatic rings. The van der Waals surface area contributed by atoms with Crippen molar-refractivity contribution in [2.24, 2.45) is 21.6 Å². The second-order valence-corrected chi connectivity index (χ2v) is 9.44. The van der Waals surface area contributed by atoms with Crippen LogP contribution in [-0.4, -0.2) is 48.5 Å². The number of nitrogens with zero attached hydrogens (tertiary/aromatic N) is 2. The molecule has 0 spiro atoms. The van der Waals surface area contributed by atoms with E-state index in [0.717, 1.165) is 31.2 Å². The number of ether oxygens (including phenoxy) is 1. The average Bonchev–Trinajstić information content (AvgIpc) is 3.20. The molecule has 1 aromatic rings. The summed E-state index contributed by atoms with van der Waals surface area (Å²) in [6.07, 6.45) is 6.56. The summed E-state index contributed by atoms with van der Waals surface area (Å²) in [6, 6.07) is 6.73. The molecule has 32 heavy (non-hydrogen) atoms. The molecule has 7 nitrogen and oxygen atoms in total. The van der Waals surface area contributed by atoms with Crippen LogP contribution in [0.3, 0.4) is 0 Å². The summed E-state index contributed by atoms with van der Waals surface area (Å²) >= 11 is 6.45. The molecule has 2 bridgehead atoms. The Balaban J connectivity index is 1.36. The number of nitrogens with two attached hydrogens (primary N) is 1. The first kappa shape index (κ1) is 22.9. The van der Waals surface area contributed by atoms with Crippen molar-refractivity contribution >= 4 is 35.4 Å². The predicted molar refractivity (Wildman–Crippen MR) is 125 cm³/mol. The van der Waals surface area contributed by atoms with Crippen molar-refractivity contribution in [3.8, 4) is 0 Å². The first-order valence-corrected chi connectivity index (χ1v) is 11.9. The van der Waals surface area contributed by atoms with Crippen LogP contribution in [0.1, 0.15) is 57.4 Å².